The molecule has 4 rings (SSSR count). The van der Waals surface area contributed by atoms with E-state index in [1.165, 1.54) is 0 Å². The van der Waals surface area contributed by atoms with E-state index in [4.69, 9.17) is 4.74 Å². The van der Waals surface area contributed by atoms with Crippen LogP contribution in [0.4, 0.5) is 0 Å². The van der Waals surface area contributed by atoms with E-state index in [1.54, 1.807) is 16.9 Å². The highest BCUT2D eigenvalue weighted by atomic mass is 16.5. The quantitative estimate of drug-likeness (QED) is 0.800. The smallest absolute Gasteiger partial charge is 0.251 e. The minimum absolute atomic E-state index is 0.0756. The van der Waals surface area contributed by atoms with E-state index in [1.807, 2.05) is 36.4 Å². The van der Waals surface area contributed by atoms with Crippen molar-refractivity contribution in [1.82, 2.24) is 19.9 Å². The largest absolute Gasteiger partial charge is 0.376 e. The van der Waals surface area contributed by atoms with Gasteiger partial charge in [0.05, 0.1) is 18.0 Å². The van der Waals surface area contributed by atoms with Crippen LogP contribution in [0.1, 0.15) is 23.2 Å². The fourth-order valence-corrected chi connectivity index (χ4v) is 2.93. The van der Waals surface area contributed by atoms with Crippen molar-refractivity contribution in [3.63, 3.8) is 0 Å². The maximum atomic E-state index is 12.2. The van der Waals surface area contributed by atoms with Gasteiger partial charge in [-0.15, -0.1) is 0 Å². The van der Waals surface area contributed by atoms with E-state index in [-0.39, 0.29) is 12.0 Å². The number of ether oxygens (including phenoxy) is 1. The molecule has 0 saturated carbocycles. The molecule has 1 N–H and O–H groups in total. The Morgan fingerprint density at radius 3 is 2.96 bits per heavy atom. The Hall–Kier alpha value is -2.73. The lowest BCUT2D eigenvalue weighted by Gasteiger charge is -2.11. The van der Waals surface area contributed by atoms with Crippen molar-refractivity contribution < 1.29 is 9.53 Å². The molecule has 0 aliphatic carbocycles. The first kappa shape index (κ1) is 14.8. The summed E-state index contributed by atoms with van der Waals surface area (Å²) in [6, 6.07) is 11.2. The molecule has 122 valence electrons. The number of nitrogens with one attached hydrogen (secondary N) is 1. The molecule has 6 nitrogen and oxygen atoms in total. The Morgan fingerprint density at radius 2 is 2.17 bits per heavy atom. The third-order valence-corrected chi connectivity index (χ3v) is 4.23. The van der Waals surface area contributed by atoms with Crippen molar-refractivity contribution >= 4 is 11.6 Å². The van der Waals surface area contributed by atoms with Crippen molar-refractivity contribution in [2.45, 2.75) is 18.9 Å². The van der Waals surface area contributed by atoms with Crippen LogP contribution >= 0.6 is 0 Å². The summed E-state index contributed by atoms with van der Waals surface area (Å²) in [5, 5.41) is 7.24. The van der Waals surface area contributed by atoms with Crippen molar-refractivity contribution in [3.8, 4) is 11.3 Å². The number of fused-ring (bicyclic) bond motifs is 1. The van der Waals surface area contributed by atoms with Gasteiger partial charge >= 0.3 is 0 Å². The third-order valence-electron chi connectivity index (χ3n) is 4.23. The summed E-state index contributed by atoms with van der Waals surface area (Å²) in [4.78, 5) is 16.5. The minimum atomic E-state index is -0.0756. The highest BCUT2D eigenvalue weighted by Crippen LogP contribution is 2.20. The van der Waals surface area contributed by atoms with Crippen LogP contribution in [0.2, 0.25) is 0 Å². The Labute approximate surface area is 139 Å². The van der Waals surface area contributed by atoms with E-state index in [2.05, 4.69) is 15.4 Å². The van der Waals surface area contributed by atoms with Gasteiger partial charge in [0.2, 0.25) is 0 Å². The highest BCUT2D eigenvalue weighted by molar-refractivity contribution is 5.94. The van der Waals surface area contributed by atoms with Gasteiger partial charge < -0.3 is 10.1 Å². The summed E-state index contributed by atoms with van der Waals surface area (Å²) < 4.78 is 7.30. The Kier molecular flexibility index (Phi) is 3.96. The first-order valence-electron chi connectivity index (χ1n) is 8.10. The molecule has 1 saturated heterocycles. The topological polar surface area (TPSA) is 68.5 Å². The molecular weight excluding hydrogens is 304 g/mol. The van der Waals surface area contributed by atoms with Gasteiger partial charge in [-0.25, -0.2) is 9.50 Å². The van der Waals surface area contributed by atoms with Crippen LogP contribution in [0.5, 0.6) is 0 Å². The number of benzene rings is 1. The first-order chi connectivity index (χ1) is 11.8. The standard InChI is InChI=1S/C18H18N4O2/c23-18(20-11-15-3-2-10-24-15)14-7-5-13(6-8-14)16-12-19-17-4-1-9-21-22(16)17/h1,4-9,12,15H,2-3,10-11H2,(H,20,23). The zero-order valence-electron chi connectivity index (χ0n) is 13.2. The maximum Gasteiger partial charge on any atom is 0.251 e. The number of nitrogens with zero attached hydrogens (tertiary/aromatic N) is 3. The molecular formula is C18H18N4O2. The van der Waals surface area contributed by atoms with Crippen molar-refractivity contribution in [3.05, 3.63) is 54.4 Å². The van der Waals surface area contributed by atoms with Crippen LogP contribution in [0.25, 0.3) is 16.9 Å². The normalized spacial score (nSPS) is 17.2. The fourth-order valence-electron chi connectivity index (χ4n) is 2.93. The van der Waals surface area contributed by atoms with Crippen LogP contribution in [0, 0.1) is 0 Å². The number of carbonyl (C=O) groups is 1. The molecule has 1 fully saturated rings. The van der Waals surface area contributed by atoms with Crippen molar-refractivity contribution in [2.24, 2.45) is 0 Å². The predicted molar refractivity (Wildman–Crippen MR) is 89.7 cm³/mol. The first-order valence-corrected chi connectivity index (χ1v) is 8.10. The van der Waals surface area contributed by atoms with Gasteiger partial charge in [0, 0.05) is 30.5 Å². The summed E-state index contributed by atoms with van der Waals surface area (Å²) in [5.41, 5.74) is 3.30. The molecule has 1 unspecified atom stereocenters. The second-order valence-electron chi connectivity index (χ2n) is 5.86. The molecule has 0 bridgehead atoms. The van der Waals surface area contributed by atoms with Crippen LogP contribution in [0.15, 0.2) is 48.8 Å². The van der Waals surface area contributed by atoms with Gasteiger partial charge in [0.25, 0.3) is 5.91 Å². The van der Waals surface area contributed by atoms with Crippen molar-refractivity contribution in [2.75, 3.05) is 13.2 Å². The zero-order chi connectivity index (χ0) is 16.4. The molecule has 3 aromatic rings. The minimum Gasteiger partial charge on any atom is -0.376 e. The zero-order valence-corrected chi connectivity index (χ0v) is 13.2. The number of amides is 1. The number of hydrogen-bond donors (Lipinski definition) is 1. The van der Waals surface area contributed by atoms with Gasteiger partial charge in [-0.1, -0.05) is 12.1 Å². The lowest BCUT2D eigenvalue weighted by molar-refractivity contribution is 0.0858. The molecule has 6 heteroatoms. The molecule has 1 atom stereocenters. The molecule has 1 aliphatic rings. The van der Waals surface area contributed by atoms with Gasteiger partial charge in [-0.2, -0.15) is 5.10 Å². The van der Waals surface area contributed by atoms with E-state index in [0.717, 1.165) is 36.4 Å². The second kappa shape index (κ2) is 6.41. The average molecular weight is 322 g/mol. The van der Waals surface area contributed by atoms with Gasteiger partial charge in [0.1, 0.15) is 0 Å². The van der Waals surface area contributed by atoms with Gasteiger partial charge in [-0.05, 0) is 37.1 Å². The Morgan fingerprint density at radius 1 is 1.29 bits per heavy atom. The average Bonchev–Trinajstić information content (AvgIpc) is 3.29. The van der Waals surface area contributed by atoms with Crippen LogP contribution in [-0.4, -0.2) is 39.8 Å². The summed E-state index contributed by atoms with van der Waals surface area (Å²) in [5.74, 6) is -0.0756. The Bertz CT molecular complexity index is 851. The molecule has 0 radical (unpaired) electrons. The van der Waals surface area contributed by atoms with Gasteiger partial charge in [-0.3, -0.25) is 4.79 Å². The molecule has 1 aliphatic heterocycles. The van der Waals surface area contributed by atoms with Crippen LogP contribution in [0.3, 0.4) is 0 Å². The highest BCUT2D eigenvalue weighted by Gasteiger charge is 2.16. The van der Waals surface area contributed by atoms with Crippen LogP contribution in [-0.2, 0) is 4.74 Å². The lowest BCUT2D eigenvalue weighted by Crippen LogP contribution is -2.31. The third kappa shape index (κ3) is 2.88. The number of hydrogen-bond acceptors (Lipinski definition) is 4. The maximum absolute atomic E-state index is 12.2. The molecule has 24 heavy (non-hydrogen) atoms. The predicted octanol–water partition coefficient (Wildman–Crippen LogP) is 2.31. The molecule has 1 aromatic carbocycles. The van der Waals surface area contributed by atoms with Gasteiger partial charge in [0.15, 0.2) is 5.65 Å². The van der Waals surface area contributed by atoms with E-state index < -0.39 is 0 Å². The molecule has 3 heterocycles. The molecule has 2 aromatic heterocycles. The Balaban J connectivity index is 1.49. The number of carbonyl (C=O) groups excluding carboxylic acids is 1. The lowest BCUT2D eigenvalue weighted by atomic mass is 10.1. The number of aromatic nitrogens is 3. The number of rotatable bonds is 4. The second-order valence-corrected chi connectivity index (χ2v) is 5.86. The summed E-state index contributed by atoms with van der Waals surface area (Å²) >= 11 is 0. The molecule has 1 amide bonds. The van der Waals surface area contributed by atoms with E-state index >= 15 is 0 Å². The van der Waals surface area contributed by atoms with E-state index in [0.29, 0.717) is 12.1 Å². The summed E-state index contributed by atoms with van der Waals surface area (Å²) in [7, 11) is 0. The van der Waals surface area contributed by atoms with Crippen LogP contribution < -0.4 is 5.32 Å². The summed E-state index contributed by atoms with van der Waals surface area (Å²) in [6.07, 6.45) is 5.75. The fraction of sp³-hybridized carbons (Fsp3) is 0.278. The van der Waals surface area contributed by atoms with Crippen molar-refractivity contribution in [1.29, 1.82) is 0 Å². The number of imidazole rings is 1. The van der Waals surface area contributed by atoms with E-state index in [9.17, 15) is 4.79 Å². The summed E-state index contributed by atoms with van der Waals surface area (Å²) in [6.45, 7) is 1.36. The SMILES string of the molecule is O=C(NCC1CCCO1)c1ccc(-c2cnc3cccnn23)cc1. The molecule has 0 spiro atoms. The monoisotopic (exact) mass is 322 g/mol.